The molecule has 106 valence electrons. The Hall–Kier alpha value is -0.990. The number of aryl methyl sites for hydroxylation is 1. The molecule has 3 nitrogen and oxygen atoms in total. The first-order valence-corrected chi connectivity index (χ1v) is 7.97. The largest absolute Gasteiger partial charge is 0.384 e. The van der Waals surface area contributed by atoms with Gasteiger partial charge >= 0.3 is 0 Å². The maximum Gasteiger partial charge on any atom is 0.126 e. The lowest BCUT2D eigenvalue weighted by atomic mass is 9.75. The molecule has 0 unspecified atom stereocenters. The normalized spacial score (nSPS) is 23.9. The summed E-state index contributed by atoms with van der Waals surface area (Å²) in [5.74, 6) is 0.964. The summed E-state index contributed by atoms with van der Waals surface area (Å²) in [6.45, 7) is 4.64. The lowest BCUT2D eigenvalue weighted by molar-refractivity contribution is 0.407. The zero-order valence-corrected chi connectivity index (χ0v) is 12.4. The van der Waals surface area contributed by atoms with Crippen molar-refractivity contribution >= 4 is 5.82 Å². The Morgan fingerprint density at radius 2 is 1.79 bits per heavy atom. The standard InChI is InChI=1S/C16H27N3/c1-16(2)11-7-10-13-14(16)15(17)19(18-13)12-8-5-3-4-6-9-12/h12H,3-11,17H2,1-2H3. The van der Waals surface area contributed by atoms with E-state index >= 15 is 0 Å². The van der Waals surface area contributed by atoms with Gasteiger partial charge in [-0.15, -0.1) is 0 Å². The van der Waals surface area contributed by atoms with Crippen molar-refractivity contribution in [2.24, 2.45) is 0 Å². The second-order valence-corrected chi connectivity index (χ2v) is 7.03. The lowest BCUT2D eigenvalue weighted by Crippen LogP contribution is -2.24. The molecule has 0 radical (unpaired) electrons. The summed E-state index contributed by atoms with van der Waals surface area (Å²) in [6.07, 6.45) is 11.5. The van der Waals surface area contributed by atoms with Crippen LogP contribution in [-0.2, 0) is 11.8 Å². The minimum atomic E-state index is 0.209. The maximum atomic E-state index is 6.48. The number of anilines is 1. The van der Waals surface area contributed by atoms with E-state index in [2.05, 4.69) is 18.5 Å². The molecule has 1 fully saturated rings. The van der Waals surface area contributed by atoms with E-state index in [1.165, 1.54) is 62.6 Å². The second-order valence-electron chi connectivity index (χ2n) is 7.03. The quantitative estimate of drug-likeness (QED) is 0.777. The molecule has 0 bridgehead atoms. The molecular formula is C16H27N3. The molecule has 1 heterocycles. The van der Waals surface area contributed by atoms with Crippen molar-refractivity contribution in [3.8, 4) is 0 Å². The summed E-state index contributed by atoms with van der Waals surface area (Å²) in [5.41, 5.74) is 9.32. The molecule has 19 heavy (non-hydrogen) atoms. The molecule has 2 N–H and O–H groups in total. The van der Waals surface area contributed by atoms with Crippen LogP contribution in [0.5, 0.6) is 0 Å². The molecule has 0 amide bonds. The van der Waals surface area contributed by atoms with Crippen LogP contribution < -0.4 is 5.73 Å². The zero-order chi connectivity index (χ0) is 13.5. The Morgan fingerprint density at radius 1 is 1.11 bits per heavy atom. The van der Waals surface area contributed by atoms with Gasteiger partial charge in [0.2, 0.25) is 0 Å². The Bertz CT molecular complexity index is 451. The van der Waals surface area contributed by atoms with E-state index in [9.17, 15) is 0 Å². The first-order chi connectivity index (χ1) is 9.09. The van der Waals surface area contributed by atoms with Crippen molar-refractivity contribution < 1.29 is 0 Å². The first-order valence-electron chi connectivity index (χ1n) is 7.97. The van der Waals surface area contributed by atoms with Crippen LogP contribution >= 0.6 is 0 Å². The van der Waals surface area contributed by atoms with E-state index < -0.39 is 0 Å². The highest BCUT2D eigenvalue weighted by atomic mass is 15.3. The molecule has 1 aromatic heterocycles. The van der Waals surface area contributed by atoms with Gasteiger partial charge in [-0.05, 0) is 37.5 Å². The third-order valence-electron chi connectivity index (χ3n) is 5.08. The Morgan fingerprint density at radius 3 is 2.42 bits per heavy atom. The molecule has 2 aliphatic carbocycles. The van der Waals surface area contributed by atoms with Crippen LogP contribution in [-0.4, -0.2) is 9.78 Å². The molecule has 1 saturated carbocycles. The summed E-state index contributed by atoms with van der Waals surface area (Å²) < 4.78 is 2.18. The van der Waals surface area contributed by atoms with Gasteiger partial charge in [0, 0.05) is 5.56 Å². The molecule has 3 heteroatoms. The highest BCUT2D eigenvalue weighted by Crippen LogP contribution is 2.41. The van der Waals surface area contributed by atoms with E-state index in [-0.39, 0.29) is 5.41 Å². The summed E-state index contributed by atoms with van der Waals surface area (Å²) >= 11 is 0. The van der Waals surface area contributed by atoms with Gasteiger partial charge < -0.3 is 5.73 Å². The molecule has 0 aromatic carbocycles. The number of nitrogens with two attached hydrogens (primary N) is 1. The van der Waals surface area contributed by atoms with Gasteiger partial charge in [-0.3, -0.25) is 0 Å². The first kappa shape index (κ1) is 13.0. The molecule has 0 saturated heterocycles. The Balaban J connectivity index is 1.97. The van der Waals surface area contributed by atoms with E-state index in [0.717, 1.165) is 12.2 Å². The van der Waals surface area contributed by atoms with E-state index in [1.807, 2.05) is 0 Å². The van der Waals surface area contributed by atoms with Crippen LogP contribution in [0.1, 0.15) is 82.5 Å². The number of nitrogens with zero attached hydrogens (tertiary/aromatic N) is 2. The highest BCUT2D eigenvalue weighted by molar-refractivity contribution is 5.50. The number of rotatable bonds is 1. The molecule has 2 aliphatic rings. The second kappa shape index (κ2) is 4.84. The monoisotopic (exact) mass is 261 g/mol. The van der Waals surface area contributed by atoms with Crippen LogP contribution in [0.4, 0.5) is 5.82 Å². The number of hydrogen-bond donors (Lipinski definition) is 1. The van der Waals surface area contributed by atoms with Crippen molar-refractivity contribution in [2.75, 3.05) is 5.73 Å². The van der Waals surface area contributed by atoms with Gasteiger partial charge in [0.15, 0.2) is 0 Å². The molecule has 3 rings (SSSR count). The fourth-order valence-electron chi connectivity index (χ4n) is 4.01. The number of nitrogen functional groups attached to an aromatic ring is 1. The molecule has 0 aliphatic heterocycles. The van der Waals surface area contributed by atoms with Crippen LogP contribution in [0.25, 0.3) is 0 Å². The summed E-state index contributed by atoms with van der Waals surface area (Å²) in [7, 11) is 0. The summed E-state index contributed by atoms with van der Waals surface area (Å²) in [6, 6.07) is 0.545. The predicted octanol–water partition coefficient (Wildman–Crippen LogP) is 3.97. The molecule has 0 spiro atoms. The Kier molecular flexibility index (Phi) is 3.32. The number of aromatic nitrogens is 2. The minimum absolute atomic E-state index is 0.209. The Labute approximate surface area is 116 Å². The van der Waals surface area contributed by atoms with E-state index in [4.69, 9.17) is 10.8 Å². The molecule has 0 atom stereocenters. The topological polar surface area (TPSA) is 43.8 Å². The predicted molar refractivity (Wildman–Crippen MR) is 79.3 cm³/mol. The van der Waals surface area contributed by atoms with Crippen molar-refractivity contribution in [3.05, 3.63) is 11.3 Å². The van der Waals surface area contributed by atoms with Gasteiger partial charge in [-0.25, -0.2) is 4.68 Å². The van der Waals surface area contributed by atoms with Gasteiger partial charge in [-0.2, -0.15) is 5.10 Å². The summed E-state index contributed by atoms with van der Waals surface area (Å²) in [4.78, 5) is 0. The fourth-order valence-corrected chi connectivity index (χ4v) is 4.01. The minimum Gasteiger partial charge on any atom is -0.384 e. The SMILES string of the molecule is CC1(C)CCCc2nn(C3CCCCCC3)c(N)c21. The van der Waals surface area contributed by atoms with Crippen molar-refractivity contribution in [2.45, 2.75) is 83.1 Å². The van der Waals surface area contributed by atoms with Crippen LogP contribution in [0.2, 0.25) is 0 Å². The van der Waals surface area contributed by atoms with Gasteiger partial charge in [0.05, 0.1) is 11.7 Å². The van der Waals surface area contributed by atoms with Gasteiger partial charge in [0.1, 0.15) is 5.82 Å². The maximum absolute atomic E-state index is 6.48. The van der Waals surface area contributed by atoms with Gasteiger partial charge in [0.25, 0.3) is 0 Å². The van der Waals surface area contributed by atoms with Crippen LogP contribution in [0, 0.1) is 0 Å². The number of fused-ring (bicyclic) bond motifs is 1. The average molecular weight is 261 g/mol. The number of hydrogen-bond acceptors (Lipinski definition) is 2. The highest BCUT2D eigenvalue weighted by Gasteiger charge is 2.34. The van der Waals surface area contributed by atoms with Crippen LogP contribution in [0.15, 0.2) is 0 Å². The van der Waals surface area contributed by atoms with Gasteiger partial charge in [-0.1, -0.05) is 39.5 Å². The lowest BCUT2D eigenvalue weighted by Gasteiger charge is -2.29. The fraction of sp³-hybridized carbons (Fsp3) is 0.812. The van der Waals surface area contributed by atoms with Crippen molar-refractivity contribution in [3.63, 3.8) is 0 Å². The van der Waals surface area contributed by atoms with E-state index in [0.29, 0.717) is 6.04 Å². The average Bonchev–Trinajstić information content (AvgIpc) is 2.56. The molecular weight excluding hydrogens is 234 g/mol. The third kappa shape index (κ3) is 2.28. The third-order valence-corrected chi connectivity index (χ3v) is 5.08. The zero-order valence-electron chi connectivity index (χ0n) is 12.4. The van der Waals surface area contributed by atoms with E-state index in [1.54, 1.807) is 0 Å². The van der Waals surface area contributed by atoms with Crippen molar-refractivity contribution in [1.29, 1.82) is 0 Å². The van der Waals surface area contributed by atoms with Crippen LogP contribution in [0.3, 0.4) is 0 Å². The van der Waals surface area contributed by atoms with Crippen molar-refractivity contribution in [1.82, 2.24) is 9.78 Å². The molecule has 1 aromatic rings. The smallest absolute Gasteiger partial charge is 0.126 e. The summed E-state index contributed by atoms with van der Waals surface area (Å²) in [5, 5.41) is 4.90.